The smallest absolute Gasteiger partial charge is 0.387 e. The van der Waals surface area contributed by atoms with Gasteiger partial charge in [-0.3, -0.25) is 4.79 Å². The molecule has 2 aromatic heterocycles. The SMILES string of the molecule is C[C@@H]1CCc2c(sc3nc(/C(C#N)=C/c4ccccc4OC(F)F)[nH]c(=O)c23)C1. The van der Waals surface area contributed by atoms with Gasteiger partial charge in [0.25, 0.3) is 5.56 Å². The number of aromatic amines is 1. The van der Waals surface area contributed by atoms with Crippen molar-refractivity contribution in [1.29, 1.82) is 5.26 Å². The summed E-state index contributed by atoms with van der Waals surface area (Å²) in [7, 11) is 0. The number of aryl methyl sites for hydroxylation is 1. The van der Waals surface area contributed by atoms with Crippen molar-refractivity contribution < 1.29 is 13.5 Å². The standard InChI is InChI=1S/C21H17F2N3O2S/c1-11-6-7-14-16(8-11)29-20-17(14)19(27)25-18(26-20)13(10-24)9-12-4-2-3-5-15(12)28-21(22)23/h2-5,9,11,21H,6-8H2,1H3,(H,25,26,27)/b13-9+/t11-/m1/s1. The van der Waals surface area contributed by atoms with Gasteiger partial charge in [-0.25, -0.2) is 4.98 Å². The fraction of sp³-hybridized carbons (Fsp3) is 0.286. The van der Waals surface area contributed by atoms with Crippen LogP contribution in [0.5, 0.6) is 5.75 Å². The fourth-order valence-electron chi connectivity index (χ4n) is 3.59. The second-order valence-electron chi connectivity index (χ2n) is 7.03. The van der Waals surface area contributed by atoms with Gasteiger partial charge in [-0.15, -0.1) is 11.3 Å². The van der Waals surface area contributed by atoms with E-state index in [1.165, 1.54) is 28.4 Å². The van der Waals surface area contributed by atoms with Crippen LogP contribution in [0.1, 0.15) is 35.2 Å². The molecule has 1 aliphatic rings. The molecule has 1 N–H and O–H groups in total. The quantitative estimate of drug-likeness (QED) is 0.625. The molecule has 0 radical (unpaired) electrons. The van der Waals surface area contributed by atoms with Gasteiger partial charge in [0.2, 0.25) is 0 Å². The maximum Gasteiger partial charge on any atom is 0.387 e. The predicted molar refractivity (Wildman–Crippen MR) is 108 cm³/mol. The van der Waals surface area contributed by atoms with Crippen molar-refractivity contribution in [1.82, 2.24) is 9.97 Å². The Kier molecular flexibility index (Phi) is 5.16. The largest absolute Gasteiger partial charge is 0.434 e. The van der Waals surface area contributed by atoms with E-state index in [2.05, 4.69) is 21.6 Å². The number of halogens is 2. The molecular formula is C21H17F2N3O2S. The van der Waals surface area contributed by atoms with Crippen molar-refractivity contribution in [2.75, 3.05) is 0 Å². The molecule has 0 bridgehead atoms. The van der Waals surface area contributed by atoms with E-state index in [1.807, 2.05) is 6.07 Å². The Balaban J connectivity index is 1.81. The number of para-hydroxylation sites is 1. The maximum atomic E-state index is 12.7. The van der Waals surface area contributed by atoms with Crippen molar-refractivity contribution in [3.05, 3.63) is 56.4 Å². The van der Waals surface area contributed by atoms with E-state index in [-0.39, 0.29) is 22.7 Å². The predicted octanol–water partition coefficient (Wildman–Crippen LogP) is 4.77. The summed E-state index contributed by atoms with van der Waals surface area (Å²) in [5.74, 6) is 0.623. The lowest BCUT2D eigenvalue weighted by atomic mass is 9.89. The lowest BCUT2D eigenvalue weighted by molar-refractivity contribution is -0.0499. The topological polar surface area (TPSA) is 78.8 Å². The molecule has 0 unspecified atom stereocenters. The number of alkyl halides is 2. The van der Waals surface area contributed by atoms with Crippen LogP contribution in [0.2, 0.25) is 0 Å². The Bertz CT molecular complexity index is 1210. The summed E-state index contributed by atoms with van der Waals surface area (Å²) in [5, 5.41) is 10.2. The first-order valence-corrected chi connectivity index (χ1v) is 9.98. The number of nitrogens with one attached hydrogen (secondary N) is 1. The molecule has 2 heterocycles. The zero-order chi connectivity index (χ0) is 20.5. The Hall–Kier alpha value is -3.05. The summed E-state index contributed by atoms with van der Waals surface area (Å²) in [5.41, 5.74) is 1.14. The molecule has 29 heavy (non-hydrogen) atoms. The molecule has 0 saturated heterocycles. The van der Waals surface area contributed by atoms with E-state index in [9.17, 15) is 18.8 Å². The van der Waals surface area contributed by atoms with Crippen molar-refractivity contribution in [2.24, 2.45) is 5.92 Å². The van der Waals surface area contributed by atoms with Gasteiger partial charge in [-0.2, -0.15) is 14.0 Å². The number of fused-ring (bicyclic) bond motifs is 3. The van der Waals surface area contributed by atoms with Gasteiger partial charge >= 0.3 is 6.61 Å². The molecule has 0 spiro atoms. The average molecular weight is 413 g/mol. The number of nitrogens with zero attached hydrogens (tertiary/aromatic N) is 2. The van der Waals surface area contributed by atoms with E-state index in [0.717, 1.165) is 24.8 Å². The maximum absolute atomic E-state index is 12.7. The molecule has 5 nitrogen and oxygen atoms in total. The average Bonchev–Trinajstić information content (AvgIpc) is 3.04. The van der Waals surface area contributed by atoms with E-state index in [1.54, 1.807) is 18.2 Å². The Labute approximate surface area is 169 Å². The molecule has 0 fully saturated rings. The van der Waals surface area contributed by atoms with Crippen LogP contribution in [0, 0.1) is 17.2 Å². The number of benzene rings is 1. The van der Waals surface area contributed by atoms with Crippen LogP contribution >= 0.6 is 11.3 Å². The normalized spacial score (nSPS) is 16.7. The monoisotopic (exact) mass is 413 g/mol. The molecule has 1 atom stereocenters. The highest BCUT2D eigenvalue weighted by molar-refractivity contribution is 7.18. The second kappa shape index (κ2) is 7.76. The number of hydrogen-bond donors (Lipinski definition) is 1. The lowest BCUT2D eigenvalue weighted by Crippen LogP contribution is -2.14. The van der Waals surface area contributed by atoms with Crippen LogP contribution in [-0.4, -0.2) is 16.6 Å². The number of allylic oxidation sites excluding steroid dienone is 1. The van der Waals surface area contributed by atoms with Gasteiger partial charge < -0.3 is 9.72 Å². The van der Waals surface area contributed by atoms with Crippen molar-refractivity contribution >= 4 is 33.2 Å². The minimum atomic E-state index is -2.98. The van der Waals surface area contributed by atoms with Crippen molar-refractivity contribution in [2.45, 2.75) is 32.8 Å². The second-order valence-corrected chi connectivity index (χ2v) is 8.12. The van der Waals surface area contributed by atoms with E-state index in [0.29, 0.717) is 21.7 Å². The Morgan fingerprint density at radius 2 is 2.24 bits per heavy atom. The minimum Gasteiger partial charge on any atom is -0.434 e. The molecule has 0 amide bonds. The molecule has 0 saturated carbocycles. The van der Waals surface area contributed by atoms with Gasteiger partial charge in [0.05, 0.1) is 11.0 Å². The molecule has 1 aliphatic carbocycles. The van der Waals surface area contributed by atoms with Gasteiger partial charge in [-0.1, -0.05) is 25.1 Å². The van der Waals surface area contributed by atoms with Crippen LogP contribution in [0.4, 0.5) is 8.78 Å². The summed E-state index contributed by atoms with van der Waals surface area (Å²) in [6.45, 7) is -0.796. The summed E-state index contributed by atoms with van der Waals surface area (Å²) in [4.78, 5) is 21.7. The first-order valence-electron chi connectivity index (χ1n) is 9.17. The molecule has 8 heteroatoms. The number of rotatable bonds is 4. The number of thiophene rings is 1. The summed E-state index contributed by atoms with van der Waals surface area (Å²) in [6, 6.07) is 8.15. The number of aromatic nitrogens is 2. The summed E-state index contributed by atoms with van der Waals surface area (Å²) < 4.78 is 29.8. The highest BCUT2D eigenvalue weighted by Crippen LogP contribution is 2.36. The Morgan fingerprint density at radius 1 is 1.45 bits per heavy atom. The fourth-order valence-corrected chi connectivity index (χ4v) is 4.97. The molecule has 4 rings (SSSR count). The number of hydrogen-bond acceptors (Lipinski definition) is 5. The van der Waals surface area contributed by atoms with Crippen LogP contribution in [0.25, 0.3) is 21.9 Å². The van der Waals surface area contributed by atoms with Crippen LogP contribution in [0.3, 0.4) is 0 Å². The van der Waals surface area contributed by atoms with Gasteiger partial charge in [-0.05, 0) is 42.9 Å². The van der Waals surface area contributed by atoms with Crippen LogP contribution in [0.15, 0.2) is 29.1 Å². The molecule has 148 valence electrons. The van der Waals surface area contributed by atoms with E-state index < -0.39 is 6.61 Å². The molecule has 3 aromatic rings. The summed E-state index contributed by atoms with van der Waals surface area (Å²) in [6.07, 6.45) is 4.19. The first kappa shape index (κ1) is 19.3. The first-order chi connectivity index (χ1) is 14.0. The number of nitriles is 1. The number of H-pyrrole nitrogens is 1. The summed E-state index contributed by atoms with van der Waals surface area (Å²) >= 11 is 1.49. The van der Waals surface area contributed by atoms with E-state index >= 15 is 0 Å². The van der Waals surface area contributed by atoms with Crippen LogP contribution in [-0.2, 0) is 12.8 Å². The molecule has 0 aliphatic heterocycles. The zero-order valence-electron chi connectivity index (χ0n) is 15.5. The Morgan fingerprint density at radius 3 is 3.00 bits per heavy atom. The van der Waals surface area contributed by atoms with Gasteiger partial charge in [0, 0.05) is 10.4 Å². The third kappa shape index (κ3) is 3.78. The van der Waals surface area contributed by atoms with Crippen molar-refractivity contribution in [3.63, 3.8) is 0 Å². The van der Waals surface area contributed by atoms with Gasteiger partial charge in [0.15, 0.2) is 5.82 Å². The minimum absolute atomic E-state index is 0.0562. The van der Waals surface area contributed by atoms with E-state index in [4.69, 9.17) is 0 Å². The molecular weight excluding hydrogens is 396 g/mol. The molecule has 1 aromatic carbocycles. The highest BCUT2D eigenvalue weighted by Gasteiger charge is 2.23. The third-order valence-electron chi connectivity index (χ3n) is 4.98. The highest BCUT2D eigenvalue weighted by atomic mass is 32.1. The van der Waals surface area contributed by atoms with Crippen LogP contribution < -0.4 is 10.3 Å². The number of ether oxygens (including phenoxy) is 1. The third-order valence-corrected chi connectivity index (χ3v) is 6.12. The zero-order valence-corrected chi connectivity index (χ0v) is 16.4. The lowest BCUT2D eigenvalue weighted by Gasteiger charge is -2.17. The van der Waals surface area contributed by atoms with Gasteiger partial charge in [0.1, 0.15) is 16.6 Å². The van der Waals surface area contributed by atoms with Crippen molar-refractivity contribution in [3.8, 4) is 11.8 Å².